The van der Waals surface area contributed by atoms with Gasteiger partial charge in [-0.2, -0.15) is 0 Å². The van der Waals surface area contributed by atoms with Crippen LogP contribution in [0.1, 0.15) is 22.5 Å². The summed E-state index contributed by atoms with van der Waals surface area (Å²) in [5.41, 5.74) is 2.78. The molecule has 0 bridgehead atoms. The topological polar surface area (TPSA) is 42.7 Å². The molecule has 0 radical (unpaired) electrons. The van der Waals surface area contributed by atoms with Crippen molar-refractivity contribution < 1.29 is 13.9 Å². The van der Waals surface area contributed by atoms with E-state index in [9.17, 15) is 4.79 Å². The number of furan rings is 1. The van der Waals surface area contributed by atoms with Gasteiger partial charge in [-0.15, -0.1) is 0 Å². The lowest BCUT2D eigenvalue weighted by Crippen LogP contribution is -2.35. The zero-order valence-corrected chi connectivity index (χ0v) is 14.3. The predicted octanol–water partition coefficient (Wildman–Crippen LogP) is 4.42. The number of para-hydroxylation sites is 1. The Labute approximate surface area is 147 Å². The van der Waals surface area contributed by atoms with Crippen LogP contribution in [-0.2, 0) is 4.74 Å². The molecule has 0 spiro atoms. The third-order valence-corrected chi connectivity index (χ3v) is 4.66. The summed E-state index contributed by atoms with van der Waals surface area (Å²) >= 11 is 0. The van der Waals surface area contributed by atoms with Crippen molar-refractivity contribution in [3.63, 3.8) is 0 Å². The first-order valence-electron chi connectivity index (χ1n) is 8.65. The minimum atomic E-state index is -0.105. The molecule has 4 heteroatoms. The third kappa shape index (κ3) is 3.30. The Balaban J connectivity index is 1.67. The van der Waals surface area contributed by atoms with Crippen LogP contribution in [0.2, 0.25) is 0 Å². The average Bonchev–Trinajstić information content (AvgIpc) is 3.29. The van der Waals surface area contributed by atoms with Crippen LogP contribution in [0, 0.1) is 12.8 Å². The lowest BCUT2D eigenvalue weighted by Gasteiger charge is -2.24. The van der Waals surface area contributed by atoms with Gasteiger partial charge in [0.05, 0.1) is 6.61 Å². The first-order valence-corrected chi connectivity index (χ1v) is 8.65. The molecule has 1 amide bonds. The summed E-state index contributed by atoms with van der Waals surface area (Å²) in [6, 6.07) is 17.5. The van der Waals surface area contributed by atoms with Crippen LogP contribution in [0.15, 0.2) is 59.0 Å². The number of fused-ring (bicyclic) bond motifs is 1. The van der Waals surface area contributed by atoms with Gasteiger partial charge in [0, 0.05) is 30.1 Å². The third-order valence-electron chi connectivity index (χ3n) is 4.66. The highest BCUT2D eigenvalue weighted by Gasteiger charge is 2.26. The van der Waals surface area contributed by atoms with Crippen LogP contribution < -0.4 is 4.90 Å². The van der Waals surface area contributed by atoms with E-state index in [1.165, 1.54) is 0 Å². The summed E-state index contributed by atoms with van der Waals surface area (Å²) < 4.78 is 11.3. The van der Waals surface area contributed by atoms with Gasteiger partial charge >= 0.3 is 0 Å². The second kappa shape index (κ2) is 6.73. The number of aryl methyl sites for hydroxylation is 1. The number of benzene rings is 2. The van der Waals surface area contributed by atoms with Gasteiger partial charge in [-0.05, 0) is 43.7 Å². The van der Waals surface area contributed by atoms with Crippen molar-refractivity contribution in [2.45, 2.75) is 13.3 Å². The zero-order chi connectivity index (χ0) is 17.2. The van der Waals surface area contributed by atoms with Gasteiger partial charge in [-0.25, -0.2) is 0 Å². The molecular weight excluding hydrogens is 314 g/mol. The molecule has 0 saturated carbocycles. The highest BCUT2D eigenvalue weighted by molar-refractivity contribution is 6.06. The van der Waals surface area contributed by atoms with E-state index in [0.29, 0.717) is 24.8 Å². The van der Waals surface area contributed by atoms with Gasteiger partial charge in [-0.1, -0.05) is 29.8 Å². The maximum Gasteiger partial charge on any atom is 0.294 e. The molecule has 1 fully saturated rings. The number of carbonyl (C=O) groups is 1. The van der Waals surface area contributed by atoms with Crippen molar-refractivity contribution in [1.29, 1.82) is 0 Å². The van der Waals surface area contributed by atoms with E-state index < -0.39 is 0 Å². The van der Waals surface area contributed by atoms with E-state index in [1.807, 2.05) is 66.4 Å². The van der Waals surface area contributed by atoms with Crippen LogP contribution >= 0.6 is 0 Å². The standard InChI is InChI=1S/C21H21NO3/c1-15-7-8-19-17(11-15)12-20(25-19)21(23)22(13-16-9-10-24-14-16)18-5-3-2-4-6-18/h2-8,11-12,16H,9-10,13-14H2,1H3. The number of hydrogen-bond donors (Lipinski definition) is 0. The summed E-state index contributed by atoms with van der Waals surface area (Å²) in [4.78, 5) is 15.0. The molecule has 1 atom stereocenters. The van der Waals surface area contributed by atoms with Crippen LogP contribution in [0.3, 0.4) is 0 Å². The lowest BCUT2D eigenvalue weighted by molar-refractivity contribution is 0.0956. The van der Waals surface area contributed by atoms with Gasteiger partial charge in [0.2, 0.25) is 0 Å². The van der Waals surface area contributed by atoms with Crippen LogP contribution in [-0.4, -0.2) is 25.7 Å². The SMILES string of the molecule is Cc1ccc2oc(C(=O)N(CC3CCOC3)c3ccccc3)cc2c1. The molecule has 1 aromatic heterocycles. The first-order chi connectivity index (χ1) is 12.2. The molecule has 128 valence electrons. The van der Waals surface area contributed by atoms with E-state index in [-0.39, 0.29) is 5.91 Å². The monoisotopic (exact) mass is 335 g/mol. The molecule has 1 unspecified atom stereocenters. The van der Waals surface area contributed by atoms with E-state index in [2.05, 4.69) is 0 Å². The number of rotatable bonds is 4. The fraction of sp³-hybridized carbons (Fsp3) is 0.286. The van der Waals surface area contributed by atoms with E-state index in [0.717, 1.165) is 35.2 Å². The quantitative estimate of drug-likeness (QED) is 0.708. The van der Waals surface area contributed by atoms with E-state index in [4.69, 9.17) is 9.15 Å². The Morgan fingerprint density at radius 1 is 1.16 bits per heavy atom. The van der Waals surface area contributed by atoms with Crippen LogP contribution in [0.4, 0.5) is 5.69 Å². The number of nitrogens with zero attached hydrogens (tertiary/aromatic N) is 1. The fourth-order valence-electron chi connectivity index (χ4n) is 3.30. The fourth-order valence-corrected chi connectivity index (χ4v) is 3.30. The van der Waals surface area contributed by atoms with Crippen molar-refractivity contribution in [1.82, 2.24) is 0 Å². The molecule has 1 aliphatic heterocycles. The smallest absolute Gasteiger partial charge is 0.294 e. The highest BCUT2D eigenvalue weighted by atomic mass is 16.5. The molecule has 2 heterocycles. The van der Waals surface area contributed by atoms with Crippen molar-refractivity contribution in [2.75, 3.05) is 24.7 Å². The minimum absolute atomic E-state index is 0.105. The van der Waals surface area contributed by atoms with E-state index in [1.54, 1.807) is 0 Å². The van der Waals surface area contributed by atoms with Crippen molar-refractivity contribution in [3.05, 3.63) is 65.9 Å². The second-order valence-corrected chi connectivity index (χ2v) is 6.63. The molecule has 4 nitrogen and oxygen atoms in total. The largest absolute Gasteiger partial charge is 0.451 e. The Bertz CT molecular complexity index is 879. The van der Waals surface area contributed by atoms with Crippen LogP contribution in [0.25, 0.3) is 11.0 Å². The molecule has 0 N–H and O–H groups in total. The number of amides is 1. The van der Waals surface area contributed by atoms with Gasteiger partial charge < -0.3 is 14.1 Å². The van der Waals surface area contributed by atoms with Gasteiger partial charge in [0.25, 0.3) is 5.91 Å². The lowest BCUT2D eigenvalue weighted by atomic mass is 10.1. The number of carbonyl (C=O) groups excluding carboxylic acids is 1. The Morgan fingerprint density at radius 2 is 2.00 bits per heavy atom. The molecule has 1 saturated heterocycles. The maximum atomic E-state index is 13.2. The van der Waals surface area contributed by atoms with Crippen molar-refractivity contribution in [2.24, 2.45) is 5.92 Å². The molecule has 1 aliphatic rings. The molecular formula is C21H21NO3. The summed E-state index contributed by atoms with van der Waals surface area (Å²) in [5, 5.41) is 0.959. The zero-order valence-electron chi connectivity index (χ0n) is 14.3. The summed E-state index contributed by atoms with van der Waals surface area (Å²) in [7, 11) is 0. The average molecular weight is 335 g/mol. The van der Waals surface area contributed by atoms with Crippen LogP contribution in [0.5, 0.6) is 0 Å². The van der Waals surface area contributed by atoms with Crippen molar-refractivity contribution in [3.8, 4) is 0 Å². The number of ether oxygens (including phenoxy) is 1. The van der Waals surface area contributed by atoms with Gasteiger partial charge in [0.15, 0.2) is 5.76 Å². The maximum absolute atomic E-state index is 13.2. The molecule has 2 aromatic carbocycles. The Morgan fingerprint density at radius 3 is 2.76 bits per heavy atom. The molecule has 0 aliphatic carbocycles. The second-order valence-electron chi connectivity index (χ2n) is 6.63. The molecule has 3 aromatic rings. The summed E-state index contributed by atoms with van der Waals surface area (Å²) in [6.45, 7) is 4.14. The number of hydrogen-bond acceptors (Lipinski definition) is 3. The van der Waals surface area contributed by atoms with Gasteiger partial charge in [0.1, 0.15) is 5.58 Å². The highest BCUT2D eigenvalue weighted by Crippen LogP contribution is 2.26. The molecule has 4 rings (SSSR count). The first kappa shape index (κ1) is 15.9. The summed E-state index contributed by atoms with van der Waals surface area (Å²) in [6.07, 6.45) is 0.982. The van der Waals surface area contributed by atoms with E-state index >= 15 is 0 Å². The van der Waals surface area contributed by atoms with Crippen molar-refractivity contribution >= 4 is 22.6 Å². The summed E-state index contributed by atoms with van der Waals surface area (Å²) in [5.74, 6) is 0.631. The minimum Gasteiger partial charge on any atom is -0.451 e. The van der Waals surface area contributed by atoms with Gasteiger partial charge in [-0.3, -0.25) is 4.79 Å². The molecule has 25 heavy (non-hydrogen) atoms. The Hall–Kier alpha value is -2.59. The normalized spacial score (nSPS) is 17.1. The number of anilines is 1. The predicted molar refractivity (Wildman–Crippen MR) is 98.0 cm³/mol. The Kier molecular flexibility index (Phi) is 4.28.